The van der Waals surface area contributed by atoms with Gasteiger partial charge in [-0.15, -0.1) is 0 Å². The lowest BCUT2D eigenvalue weighted by molar-refractivity contribution is -0.121. The highest BCUT2D eigenvalue weighted by Crippen LogP contribution is 2.22. The van der Waals surface area contributed by atoms with Gasteiger partial charge in [0.1, 0.15) is 5.82 Å². The van der Waals surface area contributed by atoms with Crippen molar-refractivity contribution < 1.29 is 14.4 Å². The molecule has 1 saturated heterocycles. The van der Waals surface area contributed by atoms with Gasteiger partial charge in [0.25, 0.3) is 5.91 Å². The van der Waals surface area contributed by atoms with Crippen molar-refractivity contribution in [3.63, 3.8) is 0 Å². The SMILES string of the molecule is CCC(=O)Nc1cccc(C(=O)N2CCCC(C(=O)Nc3ccc(Br)cn3)C2)c1. The topological polar surface area (TPSA) is 91.4 Å². The predicted octanol–water partition coefficient (Wildman–Crippen LogP) is 3.68. The molecule has 1 aromatic carbocycles. The highest BCUT2D eigenvalue weighted by Gasteiger charge is 2.29. The summed E-state index contributed by atoms with van der Waals surface area (Å²) in [4.78, 5) is 43.0. The standard InChI is InChI=1S/C21H23BrN4O3/c1-2-19(27)24-17-7-3-5-14(11-17)21(29)26-10-4-6-15(13-26)20(28)25-18-9-8-16(22)12-23-18/h3,5,7-9,11-12,15H,2,4,6,10,13H2,1H3,(H,24,27)(H,23,25,28). The third-order valence-corrected chi connectivity index (χ3v) is 5.24. The molecule has 2 heterocycles. The fraction of sp³-hybridized carbons (Fsp3) is 0.333. The summed E-state index contributed by atoms with van der Waals surface area (Å²) in [7, 11) is 0. The summed E-state index contributed by atoms with van der Waals surface area (Å²) in [6, 6.07) is 10.4. The lowest BCUT2D eigenvalue weighted by Gasteiger charge is -2.32. The summed E-state index contributed by atoms with van der Waals surface area (Å²) in [5.41, 5.74) is 1.09. The van der Waals surface area contributed by atoms with Gasteiger partial charge in [0.05, 0.1) is 5.92 Å². The second kappa shape index (κ2) is 9.65. The Morgan fingerprint density at radius 3 is 2.76 bits per heavy atom. The van der Waals surface area contributed by atoms with Crippen molar-refractivity contribution in [2.24, 2.45) is 5.92 Å². The van der Waals surface area contributed by atoms with Gasteiger partial charge in [0, 0.05) is 41.4 Å². The molecule has 3 rings (SSSR count). The van der Waals surface area contributed by atoms with Crippen LogP contribution in [0, 0.1) is 5.92 Å². The number of amides is 3. The number of nitrogens with one attached hydrogen (secondary N) is 2. The average molecular weight is 459 g/mol. The number of hydrogen-bond donors (Lipinski definition) is 2. The Hall–Kier alpha value is -2.74. The van der Waals surface area contributed by atoms with Crippen LogP contribution in [0.4, 0.5) is 11.5 Å². The second-order valence-corrected chi connectivity index (χ2v) is 7.84. The van der Waals surface area contributed by atoms with E-state index in [9.17, 15) is 14.4 Å². The zero-order valence-corrected chi connectivity index (χ0v) is 17.7. The van der Waals surface area contributed by atoms with Crippen LogP contribution in [-0.4, -0.2) is 40.7 Å². The van der Waals surface area contributed by atoms with Crippen LogP contribution in [0.5, 0.6) is 0 Å². The average Bonchev–Trinajstić information content (AvgIpc) is 2.75. The number of piperidine rings is 1. The van der Waals surface area contributed by atoms with Crippen molar-refractivity contribution >= 4 is 45.2 Å². The fourth-order valence-corrected chi connectivity index (χ4v) is 3.45. The lowest BCUT2D eigenvalue weighted by atomic mass is 9.96. The minimum atomic E-state index is -0.291. The Balaban J connectivity index is 1.64. The third kappa shape index (κ3) is 5.63. The Bertz CT molecular complexity index is 901. The van der Waals surface area contributed by atoms with Crippen LogP contribution in [0.2, 0.25) is 0 Å². The molecule has 2 N–H and O–H groups in total. The van der Waals surface area contributed by atoms with Gasteiger partial charge in [-0.2, -0.15) is 0 Å². The number of rotatable bonds is 5. The summed E-state index contributed by atoms with van der Waals surface area (Å²) >= 11 is 3.31. The Morgan fingerprint density at radius 2 is 2.03 bits per heavy atom. The molecule has 152 valence electrons. The molecular formula is C21H23BrN4O3. The van der Waals surface area contributed by atoms with Crippen LogP contribution >= 0.6 is 15.9 Å². The van der Waals surface area contributed by atoms with Crippen molar-refractivity contribution in [2.45, 2.75) is 26.2 Å². The van der Waals surface area contributed by atoms with E-state index < -0.39 is 0 Å². The van der Waals surface area contributed by atoms with Gasteiger partial charge in [0.2, 0.25) is 11.8 Å². The van der Waals surface area contributed by atoms with E-state index in [0.29, 0.717) is 36.6 Å². The second-order valence-electron chi connectivity index (χ2n) is 6.92. The summed E-state index contributed by atoms with van der Waals surface area (Å²) < 4.78 is 0.835. The van der Waals surface area contributed by atoms with Crippen LogP contribution in [0.25, 0.3) is 0 Å². The van der Waals surface area contributed by atoms with Crippen LogP contribution in [0.15, 0.2) is 47.1 Å². The van der Waals surface area contributed by atoms with Crippen molar-refractivity contribution in [3.05, 3.63) is 52.6 Å². The first kappa shape index (κ1) is 21.0. The van der Waals surface area contributed by atoms with Crippen molar-refractivity contribution in [1.29, 1.82) is 0 Å². The number of hydrogen-bond acceptors (Lipinski definition) is 4. The summed E-state index contributed by atoms with van der Waals surface area (Å²) in [6.45, 7) is 2.73. The number of pyridine rings is 1. The van der Waals surface area contributed by atoms with Gasteiger partial charge in [-0.25, -0.2) is 4.98 Å². The number of anilines is 2. The first-order valence-electron chi connectivity index (χ1n) is 9.58. The van der Waals surface area contributed by atoms with E-state index in [2.05, 4.69) is 31.5 Å². The molecule has 2 aromatic rings. The minimum Gasteiger partial charge on any atom is -0.338 e. The van der Waals surface area contributed by atoms with Crippen LogP contribution < -0.4 is 10.6 Å². The van der Waals surface area contributed by atoms with Crippen LogP contribution in [-0.2, 0) is 9.59 Å². The number of benzene rings is 1. The van der Waals surface area contributed by atoms with Gasteiger partial charge in [-0.05, 0) is 59.1 Å². The molecule has 1 aromatic heterocycles. The van der Waals surface area contributed by atoms with E-state index >= 15 is 0 Å². The number of carbonyl (C=O) groups is 3. The van der Waals surface area contributed by atoms with E-state index in [4.69, 9.17) is 0 Å². The molecule has 0 radical (unpaired) electrons. The highest BCUT2D eigenvalue weighted by atomic mass is 79.9. The first-order chi connectivity index (χ1) is 14.0. The smallest absolute Gasteiger partial charge is 0.253 e. The number of carbonyl (C=O) groups excluding carboxylic acids is 3. The van der Waals surface area contributed by atoms with E-state index in [1.807, 2.05) is 6.07 Å². The molecule has 1 atom stereocenters. The quantitative estimate of drug-likeness (QED) is 0.714. The monoisotopic (exact) mass is 458 g/mol. The highest BCUT2D eigenvalue weighted by molar-refractivity contribution is 9.10. The van der Waals surface area contributed by atoms with Crippen molar-refractivity contribution in [3.8, 4) is 0 Å². The molecule has 0 aliphatic carbocycles. The Labute approximate surface area is 178 Å². The van der Waals surface area contributed by atoms with Crippen molar-refractivity contribution in [2.75, 3.05) is 23.7 Å². The number of halogens is 1. The molecule has 1 aliphatic rings. The summed E-state index contributed by atoms with van der Waals surface area (Å²) in [6.07, 6.45) is 3.47. The van der Waals surface area contributed by atoms with E-state index in [-0.39, 0.29) is 23.6 Å². The maximum Gasteiger partial charge on any atom is 0.253 e. The van der Waals surface area contributed by atoms with Crippen LogP contribution in [0.1, 0.15) is 36.5 Å². The zero-order valence-electron chi connectivity index (χ0n) is 16.2. The Morgan fingerprint density at radius 1 is 1.21 bits per heavy atom. The van der Waals surface area contributed by atoms with Crippen LogP contribution in [0.3, 0.4) is 0 Å². The lowest BCUT2D eigenvalue weighted by Crippen LogP contribution is -2.43. The molecule has 29 heavy (non-hydrogen) atoms. The maximum absolute atomic E-state index is 12.9. The van der Waals surface area contributed by atoms with Gasteiger partial charge in [0.15, 0.2) is 0 Å². The summed E-state index contributed by atoms with van der Waals surface area (Å²) in [5.74, 6) is -0.189. The number of likely N-dealkylation sites (tertiary alicyclic amines) is 1. The first-order valence-corrected chi connectivity index (χ1v) is 10.4. The van der Waals surface area contributed by atoms with E-state index in [1.54, 1.807) is 48.4 Å². The van der Waals surface area contributed by atoms with Gasteiger partial charge in [-0.3, -0.25) is 14.4 Å². The molecule has 0 saturated carbocycles. The zero-order chi connectivity index (χ0) is 20.8. The van der Waals surface area contributed by atoms with Gasteiger partial charge in [-0.1, -0.05) is 13.0 Å². The van der Waals surface area contributed by atoms with E-state index in [0.717, 1.165) is 17.3 Å². The predicted molar refractivity (Wildman–Crippen MR) is 115 cm³/mol. The summed E-state index contributed by atoms with van der Waals surface area (Å²) in [5, 5.41) is 5.58. The normalized spacial score (nSPS) is 16.2. The molecule has 1 unspecified atom stereocenters. The molecule has 3 amide bonds. The molecule has 0 spiro atoms. The van der Waals surface area contributed by atoms with Crippen molar-refractivity contribution in [1.82, 2.24) is 9.88 Å². The van der Waals surface area contributed by atoms with Gasteiger partial charge >= 0.3 is 0 Å². The number of nitrogens with zero attached hydrogens (tertiary/aromatic N) is 2. The molecular weight excluding hydrogens is 436 g/mol. The third-order valence-electron chi connectivity index (χ3n) is 4.77. The largest absolute Gasteiger partial charge is 0.338 e. The Kier molecular flexibility index (Phi) is 6.98. The molecule has 1 aliphatic heterocycles. The molecule has 0 bridgehead atoms. The minimum absolute atomic E-state index is 0.106. The molecule has 7 nitrogen and oxygen atoms in total. The molecule has 8 heteroatoms. The fourth-order valence-electron chi connectivity index (χ4n) is 3.22. The molecule has 1 fully saturated rings. The number of aromatic nitrogens is 1. The van der Waals surface area contributed by atoms with E-state index in [1.165, 1.54) is 0 Å². The maximum atomic E-state index is 12.9. The van der Waals surface area contributed by atoms with Gasteiger partial charge < -0.3 is 15.5 Å².